The molecule has 0 radical (unpaired) electrons. The lowest BCUT2D eigenvalue weighted by Crippen LogP contribution is -2.26. The number of allylic oxidation sites excluding steroid dienone is 6. The topological polar surface area (TPSA) is 60.6 Å². The van der Waals surface area contributed by atoms with Gasteiger partial charge in [0.05, 0.1) is 10.3 Å². The molecule has 2 aliphatic rings. The van der Waals surface area contributed by atoms with E-state index < -0.39 is 15.5 Å². The van der Waals surface area contributed by atoms with Crippen LogP contribution < -0.4 is 4.90 Å². The number of aryl methyl sites for hydroxylation is 1. The molecule has 40 heavy (non-hydrogen) atoms. The summed E-state index contributed by atoms with van der Waals surface area (Å²) >= 11 is 0. The molecule has 0 unspecified atom stereocenters. The molecule has 1 N–H and O–H groups in total. The van der Waals surface area contributed by atoms with Crippen molar-refractivity contribution in [2.45, 2.75) is 50.3 Å². The minimum atomic E-state index is -4.29. The molecule has 0 bridgehead atoms. The number of likely N-dealkylation sites (N-methyl/N-ethyl adjacent to an activating group) is 1. The fourth-order valence-electron chi connectivity index (χ4n) is 6.14. The number of benzene rings is 3. The van der Waals surface area contributed by atoms with Crippen LogP contribution in [0.2, 0.25) is 0 Å². The van der Waals surface area contributed by atoms with Crippen LogP contribution in [-0.4, -0.2) is 37.4 Å². The second kappa shape index (κ2) is 9.72. The van der Waals surface area contributed by atoms with Crippen LogP contribution in [0.4, 0.5) is 11.4 Å². The molecule has 0 aliphatic carbocycles. The van der Waals surface area contributed by atoms with E-state index in [4.69, 9.17) is 0 Å². The van der Waals surface area contributed by atoms with E-state index in [0.717, 1.165) is 28.1 Å². The van der Waals surface area contributed by atoms with Gasteiger partial charge >= 0.3 is 0 Å². The Morgan fingerprint density at radius 2 is 1.62 bits per heavy atom. The van der Waals surface area contributed by atoms with E-state index in [9.17, 15) is 13.0 Å². The van der Waals surface area contributed by atoms with Gasteiger partial charge < -0.3 is 4.90 Å². The Morgan fingerprint density at radius 1 is 0.925 bits per heavy atom. The van der Waals surface area contributed by atoms with Crippen LogP contribution in [0.1, 0.15) is 49.9 Å². The highest BCUT2D eigenvalue weighted by molar-refractivity contribution is 7.85. The second-order valence-corrected chi connectivity index (χ2v) is 13.2. The second-order valence-electron chi connectivity index (χ2n) is 11.8. The van der Waals surface area contributed by atoms with Crippen LogP contribution in [0.15, 0.2) is 102 Å². The standard InChI is InChI=1S/C34H36N2O3S/c1-23-13-17-29-27(21-23)33(2,3)31(35(29)6)19-14-25(24-11-9-8-10-12-24)15-20-32-34(4,5)28-22-26(40(37,38)39)16-18-30(28)36(32)7/h8-22H,1-7H3/p+1. The first-order chi connectivity index (χ1) is 18.7. The van der Waals surface area contributed by atoms with E-state index in [-0.39, 0.29) is 10.3 Å². The van der Waals surface area contributed by atoms with Gasteiger partial charge in [0, 0.05) is 41.6 Å². The predicted octanol–water partition coefficient (Wildman–Crippen LogP) is 7.20. The minimum Gasteiger partial charge on any atom is -0.347 e. The first kappa shape index (κ1) is 27.8. The maximum Gasteiger partial charge on any atom is 0.294 e. The SMILES string of the molecule is Cc1ccc2c(c1)C(C)(C)C(=CC=C(C=CC1=[N+](C)c3ccc(S(=O)(=O)O)cc3C1(C)C)c1ccccc1)N2C. The summed E-state index contributed by atoms with van der Waals surface area (Å²) in [6, 6.07) is 21.8. The van der Waals surface area contributed by atoms with Crippen molar-refractivity contribution in [1.29, 1.82) is 0 Å². The van der Waals surface area contributed by atoms with Crippen LogP contribution in [0.25, 0.3) is 5.57 Å². The third kappa shape index (κ3) is 4.65. The van der Waals surface area contributed by atoms with Gasteiger partial charge in [-0.25, -0.2) is 0 Å². The van der Waals surface area contributed by atoms with Gasteiger partial charge in [0.25, 0.3) is 10.1 Å². The maximum absolute atomic E-state index is 11.8. The summed E-state index contributed by atoms with van der Waals surface area (Å²) in [6.07, 6.45) is 8.66. The molecular formula is C34H37N2O3S+. The molecule has 206 valence electrons. The lowest BCUT2D eigenvalue weighted by atomic mass is 9.81. The molecule has 3 aromatic rings. The number of fused-ring (bicyclic) bond motifs is 2. The molecular weight excluding hydrogens is 516 g/mol. The monoisotopic (exact) mass is 553 g/mol. The number of hydrogen-bond donors (Lipinski definition) is 1. The summed E-state index contributed by atoms with van der Waals surface area (Å²) in [6.45, 7) is 10.8. The third-order valence-electron chi connectivity index (χ3n) is 8.44. The highest BCUT2D eigenvalue weighted by Gasteiger charge is 2.43. The molecule has 2 aliphatic heterocycles. The van der Waals surface area contributed by atoms with Crippen molar-refractivity contribution in [3.05, 3.63) is 119 Å². The van der Waals surface area contributed by atoms with Gasteiger partial charge in [0.15, 0.2) is 5.71 Å². The molecule has 3 aromatic carbocycles. The van der Waals surface area contributed by atoms with Crippen molar-refractivity contribution in [3.8, 4) is 0 Å². The smallest absolute Gasteiger partial charge is 0.294 e. The van der Waals surface area contributed by atoms with Crippen LogP contribution in [0.3, 0.4) is 0 Å². The van der Waals surface area contributed by atoms with Crippen LogP contribution >= 0.6 is 0 Å². The van der Waals surface area contributed by atoms with E-state index in [0.29, 0.717) is 0 Å². The van der Waals surface area contributed by atoms with Gasteiger partial charge in [-0.05, 0) is 67.8 Å². The van der Waals surface area contributed by atoms with Gasteiger partial charge in [-0.3, -0.25) is 4.55 Å². The number of anilines is 1. The first-order valence-corrected chi connectivity index (χ1v) is 14.9. The first-order valence-electron chi connectivity index (χ1n) is 13.5. The van der Waals surface area contributed by atoms with E-state index in [1.54, 1.807) is 12.1 Å². The van der Waals surface area contributed by atoms with Gasteiger partial charge in [-0.2, -0.15) is 13.0 Å². The Bertz CT molecular complexity index is 1740. The van der Waals surface area contributed by atoms with E-state index >= 15 is 0 Å². The molecule has 2 heterocycles. The van der Waals surface area contributed by atoms with Crippen molar-refractivity contribution >= 4 is 32.8 Å². The lowest BCUT2D eigenvalue weighted by Gasteiger charge is -2.24. The Hall–Kier alpha value is -3.74. The fourth-order valence-corrected chi connectivity index (χ4v) is 6.65. The minimum absolute atomic E-state index is 0.0889. The number of rotatable bonds is 5. The largest absolute Gasteiger partial charge is 0.347 e. The Kier molecular flexibility index (Phi) is 6.76. The zero-order chi connectivity index (χ0) is 29.0. The lowest BCUT2D eigenvalue weighted by molar-refractivity contribution is -0.401. The zero-order valence-electron chi connectivity index (χ0n) is 24.2. The third-order valence-corrected chi connectivity index (χ3v) is 9.29. The Morgan fingerprint density at radius 3 is 2.30 bits per heavy atom. The molecule has 0 saturated heterocycles. The predicted molar refractivity (Wildman–Crippen MR) is 164 cm³/mol. The molecule has 0 amide bonds. The van der Waals surface area contributed by atoms with Crippen molar-refractivity contribution < 1.29 is 17.5 Å². The highest BCUT2D eigenvalue weighted by Crippen LogP contribution is 2.47. The summed E-state index contributed by atoms with van der Waals surface area (Å²) in [4.78, 5) is 2.19. The maximum atomic E-state index is 11.8. The van der Waals surface area contributed by atoms with Gasteiger partial charge in [-0.15, -0.1) is 0 Å². The highest BCUT2D eigenvalue weighted by atomic mass is 32.2. The average Bonchev–Trinajstić information content (AvgIpc) is 3.21. The molecule has 0 fully saturated rings. The molecule has 6 heteroatoms. The molecule has 0 spiro atoms. The molecule has 0 aromatic heterocycles. The van der Waals surface area contributed by atoms with Crippen molar-refractivity contribution in [1.82, 2.24) is 0 Å². The molecule has 5 rings (SSSR count). The summed E-state index contributed by atoms with van der Waals surface area (Å²) in [7, 11) is -0.169. The fraction of sp³-hybridized carbons (Fsp3) is 0.265. The molecule has 0 atom stereocenters. The van der Waals surface area contributed by atoms with E-state index in [1.807, 2.05) is 25.2 Å². The van der Waals surface area contributed by atoms with E-state index in [2.05, 4.69) is 106 Å². The van der Waals surface area contributed by atoms with Crippen molar-refractivity contribution in [2.24, 2.45) is 0 Å². The van der Waals surface area contributed by atoms with Crippen LogP contribution in [0, 0.1) is 6.92 Å². The normalized spacial score (nSPS) is 19.1. The quantitative estimate of drug-likeness (QED) is 0.206. The van der Waals surface area contributed by atoms with Crippen LogP contribution in [0.5, 0.6) is 0 Å². The summed E-state index contributed by atoms with van der Waals surface area (Å²) in [5.74, 6) is 0. The van der Waals surface area contributed by atoms with Gasteiger partial charge in [0.2, 0.25) is 5.69 Å². The van der Waals surface area contributed by atoms with Crippen molar-refractivity contribution in [2.75, 3.05) is 19.0 Å². The average molecular weight is 554 g/mol. The van der Waals surface area contributed by atoms with Gasteiger partial charge in [-0.1, -0.05) is 68.0 Å². The molecule has 5 nitrogen and oxygen atoms in total. The summed E-state index contributed by atoms with van der Waals surface area (Å²) < 4.78 is 35.4. The molecule has 0 saturated carbocycles. The number of nitrogens with zero attached hydrogens (tertiary/aromatic N) is 2. The Labute approximate surface area is 238 Å². The van der Waals surface area contributed by atoms with Gasteiger partial charge in [0.1, 0.15) is 7.05 Å². The van der Waals surface area contributed by atoms with Crippen molar-refractivity contribution in [3.63, 3.8) is 0 Å². The summed E-state index contributed by atoms with van der Waals surface area (Å²) in [5.41, 5.74) is 9.44. The Balaban J connectivity index is 1.57. The zero-order valence-corrected chi connectivity index (χ0v) is 25.0. The van der Waals surface area contributed by atoms with Crippen LogP contribution in [-0.2, 0) is 20.9 Å². The van der Waals surface area contributed by atoms with E-state index in [1.165, 1.54) is 28.6 Å². The summed E-state index contributed by atoms with van der Waals surface area (Å²) in [5, 5.41) is 0. The number of hydrogen-bond acceptors (Lipinski definition) is 3.